The number of benzene rings is 4. The number of thiazole rings is 1. The van der Waals surface area contributed by atoms with E-state index in [1.54, 1.807) is 64.7 Å². The van der Waals surface area contributed by atoms with E-state index < -0.39 is 18.2 Å². The fraction of sp³-hybridized carbons (Fsp3) is 0.379. The number of aliphatic hydroxyl groups excluding tert-OH is 2. The number of aldehydes is 1. The van der Waals surface area contributed by atoms with E-state index in [0.29, 0.717) is 82.8 Å². The van der Waals surface area contributed by atoms with Crippen LogP contribution in [0, 0.1) is 25.6 Å². The summed E-state index contributed by atoms with van der Waals surface area (Å²) in [4.78, 5) is 60.2. The first kappa shape index (κ1) is 58.0. The zero-order valence-corrected chi connectivity index (χ0v) is 50.1. The summed E-state index contributed by atoms with van der Waals surface area (Å²) in [5.41, 5.74) is 11.6. The molecule has 5 heterocycles. The third kappa shape index (κ3) is 11.8. The molecule has 0 bridgehead atoms. The molecule has 2 aliphatic rings. The summed E-state index contributed by atoms with van der Waals surface area (Å²) in [6.45, 7) is 10.0. The number of carbonyl (C=O) groups excluding carboxylic acids is 3. The van der Waals surface area contributed by atoms with Gasteiger partial charge in [0.2, 0.25) is 11.8 Å². The van der Waals surface area contributed by atoms with Crippen LogP contribution in [-0.4, -0.2) is 121 Å². The van der Waals surface area contributed by atoms with Crippen molar-refractivity contribution in [1.82, 2.24) is 44.5 Å². The van der Waals surface area contributed by atoms with Crippen LogP contribution >= 0.6 is 39.8 Å². The Hall–Kier alpha value is -6.65. The molecule has 1 aliphatic carbocycles. The van der Waals surface area contributed by atoms with Crippen LogP contribution in [0.25, 0.3) is 54.5 Å². The largest absolute Gasteiger partial charge is 0.486 e. The topological polar surface area (TPSA) is 215 Å². The number of nitrogens with zero attached hydrogens (tertiary/aromatic N) is 9. The van der Waals surface area contributed by atoms with Gasteiger partial charge < -0.3 is 40.1 Å². The molecule has 4 aromatic heterocycles. The van der Waals surface area contributed by atoms with E-state index in [2.05, 4.69) is 48.8 Å². The first-order valence-electron chi connectivity index (χ1n) is 26.5. The lowest BCUT2D eigenvalue weighted by Crippen LogP contribution is -2.48. The molecule has 1 saturated carbocycles. The van der Waals surface area contributed by atoms with E-state index >= 15 is 4.39 Å². The van der Waals surface area contributed by atoms with E-state index in [-0.39, 0.29) is 60.8 Å². The van der Waals surface area contributed by atoms with E-state index in [1.165, 1.54) is 0 Å². The molecule has 4 N–H and O–H groups in total. The van der Waals surface area contributed by atoms with Gasteiger partial charge in [-0.25, -0.2) is 13.8 Å². The van der Waals surface area contributed by atoms with Gasteiger partial charge in [0.05, 0.1) is 40.3 Å². The summed E-state index contributed by atoms with van der Waals surface area (Å²) in [7, 11) is 6.58. The third-order valence-corrected chi connectivity index (χ3v) is 17.4. The molecule has 8 aromatic rings. The molecule has 22 heteroatoms. The summed E-state index contributed by atoms with van der Waals surface area (Å²) in [6, 6.07) is 16.1. The number of carbonyl (C=O) groups is 3. The molecular weight excluding hydrogens is 1170 g/mol. The minimum Gasteiger partial charge on any atom is -0.486 e. The van der Waals surface area contributed by atoms with Crippen molar-refractivity contribution in [1.29, 1.82) is 0 Å². The first-order chi connectivity index (χ1) is 38.6. The number of aromatic nitrogens is 7. The summed E-state index contributed by atoms with van der Waals surface area (Å²) >= 11 is 3.84. The second-order valence-corrected chi connectivity index (χ2v) is 23.6. The predicted molar refractivity (Wildman–Crippen MR) is 322 cm³/mol. The van der Waals surface area contributed by atoms with Crippen molar-refractivity contribution >= 4 is 91.2 Å². The molecule has 4 unspecified atom stereocenters. The number of rotatable bonds is 20. The second-order valence-electron chi connectivity index (χ2n) is 20.7. The fourth-order valence-electron chi connectivity index (χ4n) is 10.5. The zero-order chi connectivity index (χ0) is 57.1. The number of aryl methyl sites for hydroxylation is 1. The summed E-state index contributed by atoms with van der Waals surface area (Å²) < 4.78 is 32.7. The molecule has 80 heavy (non-hydrogen) atoms. The van der Waals surface area contributed by atoms with Gasteiger partial charge in [-0.1, -0.05) is 50.2 Å². The van der Waals surface area contributed by atoms with Gasteiger partial charge in [-0.3, -0.25) is 19.1 Å². The van der Waals surface area contributed by atoms with Crippen molar-refractivity contribution < 1.29 is 38.5 Å². The Morgan fingerprint density at radius 1 is 0.988 bits per heavy atom. The Bertz CT molecular complexity index is 3580. The molecule has 18 nitrogen and oxygen atoms in total. The number of ether oxygens (including phenoxy) is 2. The van der Waals surface area contributed by atoms with Crippen molar-refractivity contribution in [2.75, 3.05) is 51.6 Å². The van der Waals surface area contributed by atoms with Gasteiger partial charge in [-0.15, -0.1) is 11.3 Å². The molecule has 10 rings (SSSR count). The van der Waals surface area contributed by atoms with Gasteiger partial charge in [0, 0.05) is 92.3 Å². The molecule has 4 atom stereocenters. The monoisotopic (exact) mass is 1240 g/mol. The molecule has 2 amide bonds. The molecule has 0 spiro atoms. The van der Waals surface area contributed by atoms with Gasteiger partial charge in [-0.05, 0) is 120 Å². The number of hydrogen-bond donors (Lipinski definition) is 4. The highest BCUT2D eigenvalue weighted by Crippen LogP contribution is 2.53. The van der Waals surface area contributed by atoms with Crippen molar-refractivity contribution in [3.05, 3.63) is 112 Å². The molecule has 0 radical (unpaired) electrons. The van der Waals surface area contributed by atoms with Gasteiger partial charge >= 0.3 is 6.01 Å². The van der Waals surface area contributed by atoms with E-state index in [1.807, 2.05) is 87.7 Å². The number of amides is 2. The maximum Gasteiger partial charge on any atom is 0.319 e. The lowest BCUT2D eigenvalue weighted by atomic mass is 9.88. The van der Waals surface area contributed by atoms with Crippen LogP contribution in [-0.2, 0) is 22.7 Å². The number of aliphatic hydroxyl groups is 2. The first-order valence-corrected chi connectivity index (χ1v) is 31.4. The Morgan fingerprint density at radius 3 is 2.39 bits per heavy atom. The van der Waals surface area contributed by atoms with Gasteiger partial charge in [0.15, 0.2) is 12.0 Å². The van der Waals surface area contributed by atoms with Gasteiger partial charge in [-0.2, -0.15) is 20.2 Å². The van der Waals surface area contributed by atoms with Crippen molar-refractivity contribution in [2.45, 2.75) is 97.6 Å². The van der Waals surface area contributed by atoms with Crippen molar-refractivity contribution in [2.24, 2.45) is 5.92 Å². The van der Waals surface area contributed by atoms with E-state index in [4.69, 9.17) is 29.6 Å². The maximum atomic E-state index is 16.3. The molecule has 1 saturated heterocycles. The van der Waals surface area contributed by atoms with Crippen LogP contribution in [0.4, 0.5) is 15.9 Å². The number of halogens is 2. The summed E-state index contributed by atoms with van der Waals surface area (Å²) in [5.74, 6) is 0.132. The number of likely N-dealkylation sites (tertiary alicyclic amines) is 1. The number of anilines is 2. The van der Waals surface area contributed by atoms with Crippen LogP contribution < -0.4 is 25.0 Å². The summed E-state index contributed by atoms with van der Waals surface area (Å²) in [6.07, 6.45) is 6.78. The highest BCUT2D eigenvalue weighted by molar-refractivity contribution is 14.2. The zero-order valence-electron chi connectivity index (χ0n) is 46.2. The smallest absolute Gasteiger partial charge is 0.319 e. The predicted octanol–water partition coefficient (Wildman–Crippen LogP) is 10.4. The Balaban J connectivity index is 0.00000383. The molecule has 2 fully saturated rings. The molecule has 1 aliphatic heterocycles. The number of fused-ring (bicyclic) bond motifs is 2. The van der Waals surface area contributed by atoms with Crippen LogP contribution in [0.15, 0.2) is 72.5 Å². The quantitative estimate of drug-likeness (QED) is 0.0317. The average molecular weight is 1240 g/mol. The van der Waals surface area contributed by atoms with Crippen molar-refractivity contribution in [3.63, 3.8) is 0 Å². The van der Waals surface area contributed by atoms with Crippen LogP contribution in [0.5, 0.6) is 11.8 Å². The van der Waals surface area contributed by atoms with Crippen LogP contribution in [0.3, 0.4) is 0 Å². The Labute approximate surface area is 482 Å². The van der Waals surface area contributed by atoms with E-state index in [9.17, 15) is 19.5 Å². The standard InChI is InChI=1S/C57H62FIN11O6PS.CH4O/c1-30(2)51(56(74)68-19-9-10-46(68)55(73)61-23-34-11-14-37(15-12-34)53-33(5)62-29-78-53)69-25-42(45(26-71)66-69)38-18-13-35(20-44(38)60-6)28-75-52-49(48-32(4)43(58)22-47-41(48)24-63-70(47)77-59)39(36-16-17-36)21-40-50(52)64-57(76-27-31(3)72)65-54(40)67(7)8;1-2/h11-15,18,20-22,24-26,29-31,36,46,51,60,72,77H,9-10,16-17,19,23,27-28H2,1-8H3,(H,61,73);2H,1H3. The van der Waals surface area contributed by atoms with Crippen LogP contribution in [0.1, 0.15) is 96.9 Å². The minimum absolute atomic E-state index is 0.0381. The minimum atomic E-state index is -0.802. The maximum absolute atomic E-state index is 16.3. The lowest BCUT2D eigenvalue weighted by Gasteiger charge is -2.30. The van der Waals surface area contributed by atoms with Crippen LogP contribution in [0.2, 0.25) is 0 Å². The Kier molecular flexibility index (Phi) is 18.1. The average Bonchev–Trinajstić information content (AvgIpc) is 3.84. The SMILES string of the molecule is CNc1cc(COc2c(-c3c(C)c(F)cc4c3cnn4PI)c(C3CC3)cc3c(N(C)C)nc(OCC(C)O)nc23)ccc1-c1cn(C(C(=O)N2CCCC2C(=O)NCc2ccc(-c3scnc3C)cc2)C(C)C)nc1C=O.CO. The highest BCUT2D eigenvalue weighted by atomic mass is 127. The fourth-order valence-corrected chi connectivity index (χ4v) is 12.9. The third-order valence-electron chi connectivity index (χ3n) is 14.6. The van der Waals surface area contributed by atoms with Gasteiger partial charge in [0.1, 0.15) is 48.1 Å². The lowest BCUT2D eigenvalue weighted by molar-refractivity contribution is -0.142. The number of nitrogens with one attached hydrogen (secondary N) is 2. The van der Waals surface area contributed by atoms with E-state index in [0.717, 1.165) is 69.1 Å². The number of hydrogen-bond acceptors (Lipinski definition) is 15. The van der Waals surface area contributed by atoms with Crippen molar-refractivity contribution in [3.8, 4) is 44.5 Å². The molecular formula is C58H66FIN11O7PS. The van der Waals surface area contributed by atoms with Gasteiger partial charge in [0.25, 0.3) is 0 Å². The summed E-state index contributed by atoms with van der Waals surface area (Å²) in [5, 5.41) is 34.5. The normalized spacial score (nSPS) is 15.1. The highest BCUT2D eigenvalue weighted by Gasteiger charge is 2.40. The molecule has 420 valence electrons. The molecule has 4 aromatic carbocycles. The Morgan fingerprint density at radius 2 is 1.74 bits per heavy atom. The second kappa shape index (κ2) is 25.0.